The van der Waals surface area contributed by atoms with Gasteiger partial charge in [-0.25, -0.2) is 4.98 Å². The van der Waals surface area contributed by atoms with Gasteiger partial charge in [0.25, 0.3) is 0 Å². The van der Waals surface area contributed by atoms with E-state index in [1.54, 1.807) is 12.3 Å². The molecule has 1 aromatic rings. The summed E-state index contributed by atoms with van der Waals surface area (Å²) >= 11 is 15.8. The summed E-state index contributed by atoms with van der Waals surface area (Å²) < 4.78 is 0. The molecule has 2 nitrogen and oxygen atoms in total. The fraction of sp³-hybridized carbons (Fsp3) is 0.615. The van der Waals surface area contributed by atoms with Crippen molar-refractivity contribution in [2.24, 2.45) is 0 Å². The lowest BCUT2D eigenvalue weighted by atomic mass is 9.98. The molecule has 0 saturated carbocycles. The van der Waals surface area contributed by atoms with Crippen LogP contribution in [0, 0.1) is 0 Å². The molecule has 1 fully saturated rings. The molecule has 2 heterocycles. The van der Waals surface area contributed by atoms with Gasteiger partial charge in [0.05, 0.1) is 10.0 Å². The van der Waals surface area contributed by atoms with Gasteiger partial charge in [0.2, 0.25) is 0 Å². The molecular weight excluding hydrogens is 335 g/mol. The van der Waals surface area contributed by atoms with Crippen LogP contribution in [0.15, 0.2) is 12.3 Å². The van der Waals surface area contributed by atoms with Crippen LogP contribution in [0.1, 0.15) is 32.6 Å². The number of pyridine rings is 1. The lowest BCUT2D eigenvalue weighted by Crippen LogP contribution is -2.41. The summed E-state index contributed by atoms with van der Waals surface area (Å²) in [6.45, 7) is 3.21. The highest BCUT2D eigenvalue weighted by atomic mass is 79.9. The smallest absolute Gasteiger partial charge is 0.147 e. The summed E-state index contributed by atoms with van der Waals surface area (Å²) in [6, 6.07) is 2.29. The van der Waals surface area contributed by atoms with Crippen LogP contribution in [0.25, 0.3) is 0 Å². The van der Waals surface area contributed by atoms with Crippen molar-refractivity contribution in [1.82, 2.24) is 4.98 Å². The molecule has 0 aromatic carbocycles. The Labute approximate surface area is 127 Å². The standard InChI is InChI=1S/C13H17BrCl2N2/c1-9(14)6-11-4-2-3-5-18(11)13-12(16)7-10(15)8-17-13/h7-9,11H,2-6H2,1H3. The number of alkyl halides is 1. The van der Waals surface area contributed by atoms with Crippen LogP contribution >= 0.6 is 39.1 Å². The highest BCUT2D eigenvalue weighted by molar-refractivity contribution is 9.09. The number of anilines is 1. The predicted octanol–water partition coefficient (Wildman–Crippen LogP) is 4.92. The average Bonchev–Trinajstić information content (AvgIpc) is 2.30. The molecule has 0 amide bonds. The van der Waals surface area contributed by atoms with Gasteiger partial charge in [-0.15, -0.1) is 0 Å². The zero-order chi connectivity index (χ0) is 13.1. The maximum Gasteiger partial charge on any atom is 0.147 e. The Kier molecular flexibility index (Phi) is 5.16. The molecule has 0 bridgehead atoms. The third-order valence-corrected chi connectivity index (χ3v) is 4.14. The highest BCUT2D eigenvalue weighted by Crippen LogP contribution is 2.32. The second-order valence-corrected chi connectivity index (χ2v) is 7.23. The third kappa shape index (κ3) is 3.52. The summed E-state index contributed by atoms with van der Waals surface area (Å²) in [5.74, 6) is 0.874. The molecule has 0 spiro atoms. The first-order valence-electron chi connectivity index (χ1n) is 6.29. The van der Waals surface area contributed by atoms with Crippen molar-refractivity contribution in [3.63, 3.8) is 0 Å². The summed E-state index contributed by atoms with van der Waals surface area (Å²) in [7, 11) is 0. The maximum atomic E-state index is 6.26. The van der Waals surface area contributed by atoms with Crippen LogP contribution in [-0.4, -0.2) is 22.4 Å². The summed E-state index contributed by atoms with van der Waals surface area (Å²) in [5, 5.41) is 1.24. The number of aromatic nitrogens is 1. The monoisotopic (exact) mass is 350 g/mol. The Morgan fingerprint density at radius 2 is 2.28 bits per heavy atom. The van der Waals surface area contributed by atoms with E-state index in [1.165, 1.54) is 19.3 Å². The van der Waals surface area contributed by atoms with Gasteiger partial charge in [0, 0.05) is 23.6 Å². The molecule has 0 aliphatic carbocycles. The summed E-state index contributed by atoms with van der Waals surface area (Å²) in [5.41, 5.74) is 0. The normalized spacial score (nSPS) is 22.0. The Morgan fingerprint density at radius 3 is 2.94 bits per heavy atom. The molecule has 2 unspecified atom stereocenters. The molecule has 2 atom stereocenters. The second-order valence-electron chi connectivity index (χ2n) is 4.82. The van der Waals surface area contributed by atoms with Gasteiger partial charge in [0.1, 0.15) is 5.82 Å². The average molecular weight is 352 g/mol. The van der Waals surface area contributed by atoms with Crippen molar-refractivity contribution < 1.29 is 0 Å². The van der Waals surface area contributed by atoms with Gasteiger partial charge in [-0.3, -0.25) is 0 Å². The van der Waals surface area contributed by atoms with E-state index in [0.717, 1.165) is 18.8 Å². The molecule has 1 aliphatic rings. The first-order valence-corrected chi connectivity index (χ1v) is 7.97. The summed E-state index contributed by atoms with van der Waals surface area (Å²) in [6.07, 6.45) is 6.48. The fourth-order valence-electron chi connectivity index (χ4n) is 2.52. The van der Waals surface area contributed by atoms with Gasteiger partial charge >= 0.3 is 0 Å². The molecule has 5 heteroatoms. The van der Waals surface area contributed by atoms with Gasteiger partial charge in [-0.2, -0.15) is 0 Å². The van der Waals surface area contributed by atoms with Crippen molar-refractivity contribution in [2.75, 3.05) is 11.4 Å². The summed E-state index contributed by atoms with van der Waals surface area (Å²) in [4.78, 5) is 7.25. The van der Waals surface area contributed by atoms with E-state index < -0.39 is 0 Å². The van der Waals surface area contributed by atoms with Crippen LogP contribution < -0.4 is 4.90 Å². The third-order valence-electron chi connectivity index (χ3n) is 3.28. The second kappa shape index (κ2) is 6.44. The number of rotatable bonds is 3. The lowest BCUT2D eigenvalue weighted by Gasteiger charge is -2.37. The van der Waals surface area contributed by atoms with Crippen molar-refractivity contribution in [3.8, 4) is 0 Å². The van der Waals surface area contributed by atoms with Crippen LogP contribution in [0.3, 0.4) is 0 Å². The quantitative estimate of drug-likeness (QED) is 0.718. The molecule has 1 aliphatic heterocycles. The van der Waals surface area contributed by atoms with E-state index >= 15 is 0 Å². The zero-order valence-electron chi connectivity index (χ0n) is 10.4. The predicted molar refractivity (Wildman–Crippen MR) is 82.2 cm³/mol. The van der Waals surface area contributed by atoms with E-state index in [9.17, 15) is 0 Å². The van der Waals surface area contributed by atoms with Crippen molar-refractivity contribution in [3.05, 3.63) is 22.3 Å². The van der Waals surface area contributed by atoms with Crippen LogP contribution in [0.4, 0.5) is 5.82 Å². The number of halogens is 3. The molecule has 100 valence electrons. The molecule has 1 saturated heterocycles. The number of nitrogens with zero attached hydrogens (tertiary/aromatic N) is 2. The molecular formula is C13H17BrCl2N2. The van der Waals surface area contributed by atoms with Crippen LogP contribution in [0.2, 0.25) is 10.0 Å². The van der Waals surface area contributed by atoms with Crippen molar-refractivity contribution in [1.29, 1.82) is 0 Å². The van der Waals surface area contributed by atoms with E-state index in [0.29, 0.717) is 20.9 Å². The van der Waals surface area contributed by atoms with E-state index in [2.05, 4.69) is 32.7 Å². The number of hydrogen-bond acceptors (Lipinski definition) is 2. The first-order chi connectivity index (χ1) is 8.58. The van der Waals surface area contributed by atoms with Gasteiger partial charge in [-0.05, 0) is 31.7 Å². The molecule has 0 radical (unpaired) electrons. The topological polar surface area (TPSA) is 16.1 Å². The maximum absolute atomic E-state index is 6.26. The van der Waals surface area contributed by atoms with Gasteiger partial charge in [-0.1, -0.05) is 46.1 Å². The minimum atomic E-state index is 0.508. The Morgan fingerprint density at radius 1 is 1.50 bits per heavy atom. The van der Waals surface area contributed by atoms with E-state index in [1.807, 2.05) is 0 Å². The fourth-order valence-corrected chi connectivity index (χ4v) is 3.44. The molecule has 2 rings (SSSR count). The number of hydrogen-bond donors (Lipinski definition) is 0. The Hall–Kier alpha value is 0.01000. The Bertz CT molecular complexity index is 412. The van der Waals surface area contributed by atoms with Crippen LogP contribution in [0.5, 0.6) is 0 Å². The van der Waals surface area contributed by atoms with Crippen molar-refractivity contribution >= 4 is 44.9 Å². The zero-order valence-corrected chi connectivity index (χ0v) is 13.5. The number of piperidine rings is 1. The molecule has 0 N–H and O–H groups in total. The SMILES string of the molecule is CC(Br)CC1CCCCN1c1ncc(Cl)cc1Cl. The lowest BCUT2D eigenvalue weighted by molar-refractivity contribution is 0.436. The van der Waals surface area contributed by atoms with Gasteiger partial charge < -0.3 is 4.90 Å². The Balaban J connectivity index is 2.22. The minimum absolute atomic E-state index is 0.508. The van der Waals surface area contributed by atoms with E-state index in [-0.39, 0.29) is 0 Å². The molecule has 1 aromatic heterocycles. The largest absolute Gasteiger partial charge is 0.352 e. The van der Waals surface area contributed by atoms with E-state index in [4.69, 9.17) is 23.2 Å². The molecule has 18 heavy (non-hydrogen) atoms. The first kappa shape index (κ1) is 14.4. The van der Waals surface area contributed by atoms with Crippen LogP contribution in [-0.2, 0) is 0 Å². The highest BCUT2D eigenvalue weighted by Gasteiger charge is 2.26. The van der Waals surface area contributed by atoms with Crippen molar-refractivity contribution in [2.45, 2.75) is 43.5 Å². The van der Waals surface area contributed by atoms with Gasteiger partial charge in [0.15, 0.2) is 0 Å². The minimum Gasteiger partial charge on any atom is -0.352 e.